The van der Waals surface area contributed by atoms with Gasteiger partial charge in [0.2, 0.25) is 0 Å². The number of H-pyrrole nitrogens is 1. The summed E-state index contributed by atoms with van der Waals surface area (Å²) >= 11 is 0. The molecule has 1 N–H and O–H groups in total. The van der Waals surface area contributed by atoms with Gasteiger partial charge in [0.25, 0.3) is 5.91 Å². The zero-order valence-corrected chi connectivity index (χ0v) is 14.6. The third-order valence-electron chi connectivity index (χ3n) is 5.72. The van der Waals surface area contributed by atoms with Gasteiger partial charge in [0.05, 0.1) is 0 Å². The van der Waals surface area contributed by atoms with Crippen LogP contribution in [0.4, 0.5) is 0 Å². The zero-order chi connectivity index (χ0) is 17.1. The maximum Gasteiger partial charge on any atom is 0.272 e. The molecular formula is C20H26N4O. The van der Waals surface area contributed by atoms with Gasteiger partial charge in [-0.25, -0.2) is 0 Å². The Hall–Kier alpha value is -2.14. The lowest BCUT2D eigenvalue weighted by atomic mass is 9.87. The van der Waals surface area contributed by atoms with E-state index in [1.165, 1.54) is 18.4 Å². The lowest BCUT2D eigenvalue weighted by Gasteiger charge is -2.38. The molecule has 2 fully saturated rings. The van der Waals surface area contributed by atoms with E-state index in [1.54, 1.807) is 12.3 Å². The minimum Gasteiger partial charge on any atom is -0.334 e. The molecule has 2 aliphatic rings. The van der Waals surface area contributed by atoms with Crippen molar-refractivity contribution in [1.82, 2.24) is 20.0 Å². The second-order valence-corrected chi connectivity index (χ2v) is 7.28. The summed E-state index contributed by atoms with van der Waals surface area (Å²) < 4.78 is 0. The van der Waals surface area contributed by atoms with Gasteiger partial charge in [0.1, 0.15) is 5.69 Å². The van der Waals surface area contributed by atoms with Gasteiger partial charge in [-0.3, -0.25) is 14.8 Å². The third kappa shape index (κ3) is 3.61. The van der Waals surface area contributed by atoms with Crippen LogP contribution in [0.1, 0.15) is 41.7 Å². The Kier molecular flexibility index (Phi) is 4.83. The Bertz CT molecular complexity index is 677. The summed E-state index contributed by atoms with van der Waals surface area (Å²) in [5, 5.41) is 6.75. The van der Waals surface area contributed by atoms with Crippen LogP contribution in [0.25, 0.3) is 0 Å². The fourth-order valence-corrected chi connectivity index (χ4v) is 4.40. The highest BCUT2D eigenvalue weighted by molar-refractivity contribution is 5.92. The number of aromatic amines is 1. The molecule has 25 heavy (non-hydrogen) atoms. The first-order valence-corrected chi connectivity index (χ1v) is 9.38. The van der Waals surface area contributed by atoms with E-state index in [2.05, 4.69) is 50.3 Å². The zero-order valence-electron chi connectivity index (χ0n) is 14.6. The Balaban J connectivity index is 1.34. The van der Waals surface area contributed by atoms with Crippen molar-refractivity contribution in [2.45, 2.75) is 38.3 Å². The van der Waals surface area contributed by atoms with Gasteiger partial charge in [-0.05, 0) is 56.3 Å². The van der Waals surface area contributed by atoms with Crippen molar-refractivity contribution in [3.63, 3.8) is 0 Å². The lowest BCUT2D eigenvalue weighted by molar-refractivity contribution is 0.0609. The van der Waals surface area contributed by atoms with Gasteiger partial charge in [-0.15, -0.1) is 0 Å². The van der Waals surface area contributed by atoms with E-state index < -0.39 is 0 Å². The molecular weight excluding hydrogens is 312 g/mol. The Labute approximate surface area is 149 Å². The molecule has 0 spiro atoms. The molecule has 3 heterocycles. The Morgan fingerprint density at radius 3 is 2.60 bits per heavy atom. The van der Waals surface area contributed by atoms with Crippen molar-refractivity contribution in [2.24, 2.45) is 5.92 Å². The van der Waals surface area contributed by atoms with Crippen LogP contribution in [0.2, 0.25) is 0 Å². The van der Waals surface area contributed by atoms with Crippen molar-refractivity contribution in [2.75, 3.05) is 19.6 Å². The van der Waals surface area contributed by atoms with Gasteiger partial charge in [-0.1, -0.05) is 30.3 Å². The molecule has 0 bridgehead atoms. The monoisotopic (exact) mass is 338 g/mol. The molecule has 1 unspecified atom stereocenters. The Morgan fingerprint density at radius 1 is 1.08 bits per heavy atom. The maximum absolute atomic E-state index is 12.7. The van der Waals surface area contributed by atoms with Gasteiger partial charge in [-0.2, -0.15) is 5.10 Å². The summed E-state index contributed by atoms with van der Waals surface area (Å²) in [6.45, 7) is 4.17. The number of benzene rings is 1. The number of nitrogens with one attached hydrogen (secondary N) is 1. The van der Waals surface area contributed by atoms with Crippen molar-refractivity contribution in [3.05, 3.63) is 53.9 Å². The van der Waals surface area contributed by atoms with E-state index in [0.717, 1.165) is 39.0 Å². The number of likely N-dealkylation sites (tertiary alicyclic amines) is 2. The first-order chi connectivity index (χ1) is 12.3. The molecule has 0 aliphatic carbocycles. The summed E-state index contributed by atoms with van der Waals surface area (Å²) in [7, 11) is 0. The van der Waals surface area contributed by atoms with E-state index in [4.69, 9.17) is 0 Å². The quantitative estimate of drug-likeness (QED) is 0.932. The van der Waals surface area contributed by atoms with Crippen molar-refractivity contribution >= 4 is 5.91 Å². The Morgan fingerprint density at radius 2 is 1.88 bits per heavy atom. The molecule has 0 radical (unpaired) electrons. The third-order valence-corrected chi connectivity index (χ3v) is 5.72. The van der Waals surface area contributed by atoms with E-state index in [1.807, 2.05) is 0 Å². The number of amides is 1. The van der Waals surface area contributed by atoms with Crippen LogP contribution in [0.3, 0.4) is 0 Å². The molecule has 0 saturated carbocycles. The van der Waals surface area contributed by atoms with E-state index in [0.29, 0.717) is 17.7 Å². The van der Waals surface area contributed by atoms with Gasteiger partial charge >= 0.3 is 0 Å². The SMILES string of the molecule is O=C(c1ccn[nH]1)N1CCCC1C1CCN(Cc2ccccc2)CC1. The topological polar surface area (TPSA) is 52.2 Å². The standard InChI is InChI=1S/C20H26N4O/c25-20(18-8-11-21-22-18)24-12-4-7-19(24)17-9-13-23(14-10-17)15-16-5-2-1-3-6-16/h1-3,5-6,8,11,17,19H,4,7,9-10,12-15H2,(H,21,22). The average Bonchev–Trinajstić information content (AvgIpc) is 3.35. The number of rotatable bonds is 4. The highest BCUT2D eigenvalue weighted by atomic mass is 16.2. The number of aromatic nitrogens is 2. The predicted molar refractivity (Wildman–Crippen MR) is 97.1 cm³/mol. The number of nitrogens with zero attached hydrogens (tertiary/aromatic N) is 3. The number of hydrogen-bond donors (Lipinski definition) is 1. The molecule has 5 heteroatoms. The molecule has 4 rings (SSSR count). The number of carbonyl (C=O) groups is 1. The minimum absolute atomic E-state index is 0.117. The smallest absolute Gasteiger partial charge is 0.272 e. The van der Waals surface area contributed by atoms with Crippen LogP contribution in [-0.2, 0) is 6.54 Å². The summed E-state index contributed by atoms with van der Waals surface area (Å²) in [4.78, 5) is 17.3. The minimum atomic E-state index is 0.117. The molecule has 1 amide bonds. The molecule has 1 aromatic heterocycles. The molecule has 2 aliphatic heterocycles. The number of hydrogen-bond acceptors (Lipinski definition) is 3. The van der Waals surface area contributed by atoms with Gasteiger partial charge < -0.3 is 4.90 Å². The van der Waals surface area contributed by atoms with Crippen LogP contribution >= 0.6 is 0 Å². The maximum atomic E-state index is 12.7. The first-order valence-electron chi connectivity index (χ1n) is 9.38. The van der Waals surface area contributed by atoms with Crippen LogP contribution in [0.15, 0.2) is 42.6 Å². The molecule has 1 atom stereocenters. The predicted octanol–water partition coefficient (Wildman–Crippen LogP) is 2.93. The lowest BCUT2D eigenvalue weighted by Crippen LogP contribution is -2.44. The molecule has 5 nitrogen and oxygen atoms in total. The summed E-state index contributed by atoms with van der Waals surface area (Å²) in [6.07, 6.45) is 6.28. The highest BCUT2D eigenvalue weighted by Crippen LogP contribution is 2.32. The van der Waals surface area contributed by atoms with E-state index in [9.17, 15) is 4.79 Å². The summed E-state index contributed by atoms with van der Waals surface area (Å²) in [6, 6.07) is 12.9. The second kappa shape index (κ2) is 7.40. The van der Waals surface area contributed by atoms with Crippen LogP contribution < -0.4 is 0 Å². The summed E-state index contributed by atoms with van der Waals surface area (Å²) in [5.74, 6) is 0.744. The van der Waals surface area contributed by atoms with Crippen LogP contribution in [0, 0.1) is 5.92 Å². The highest BCUT2D eigenvalue weighted by Gasteiger charge is 2.36. The molecule has 132 valence electrons. The fraction of sp³-hybridized carbons (Fsp3) is 0.500. The normalized spacial score (nSPS) is 22.4. The van der Waals surface area contributed by atoms with Crippen molar-refractivity contribution in [3.8, 4) is 0 Å². The average molecular weight is 338 g/mol. The molecule has 2 saturated heterocycles. The van der Waals surface area contributed by atoms with Gasteiger partial charge in [0.15, 0.2) is 0 Å². The largest absolute Gasteiger partial charge is 0.334 e. The number of piperidine rings is 1. The molecule has 2 aromatic rings. The molecule has 1 aromatic carbocycles. The van der Waals surface area contributed by atoms with Crippen molar-refractivity contribution < 1.29 is 4.79 Å². The number of carbonyl (C=O) groups excluding carboxylic acids is 1. The van der Waals surface area contributed by atoms with Gasteiger partial charge in [0, 0.05) is 25.3 Å². The van der Waals surface area contributed by atoms with Crippen molar-refractivity contribution in [1.29, 1.82) is 0 Å². The van der Waals surface area contributed by atoms with Crippen LogP contribution in [-0.4, -0.2) is 51.6 Å². The van der Waals surface area contributed by atoms with E-state index in [-0.39, 0.29) is 5.91 Å². The fourth-order valence-electron chi connectivity index (χ4n) is 4.40. The van der Waals surface area contributed by atoms with E-state index >= 15 is 0 Å². The first kappa shape index (κ1) is 16.3. The summed E-state index contributed by atoms with van der Waals surface area (Å²) in [5.41, 5.74) is 2.01. The second-order valence-electron chi connectivity index (χ2n) is 7.28. The van der Waals surface area contributed by atoms with Crippen LogP contribution in [0.5, 0.6) is 0 Å².